The number of aryl methyl sites for hydroxylation is 1. The summed E-state index contributed by atoms with van der Waals surface area (Å²) in [6.07, 6.45) is 6.58. The SMILES string of the molecule is Cc1nc(N)ncc1-c1cnccn1. The van der Waals surface area contributed by atoms with Crippen LogP contribution >= 0.6 is 0 Å². The number of anilines is 1. The molecule has 2 heterocycles. The maximum Gasteiger partial charge on any atom is 0.220 e. The Morgan fingerprint density at radius 1 is 1.14 bits per heavy atom. The van der Waals surface area contributed by atoms with E-state index in [0.29, 0.717) is 0 Å². The lowest BCUT2D eigenvalue weighted by Crippen LogP contribution is -1.98. The Morgan fingerprint density at radius 3 is 2.64 bits per heavy atom. The minimum atomic E-state index is 0.273. The summed E-state index contributed by atoms with van der Waals surface area (Å²) in [6, 6.07) is 0. The van der Waals surface area contributed by atoms with Crippen molar-refractivity contribution in [2.24, 2.45) is 0 Å². The van der Waals surface area contributed by atoms with E-state index in [9.17, 15) is 0 Å². The van der Waals surface area contributed by atoms with Gasteiger partial charge in [0.05, 0.1) is 17.6 Å². The largest absolute Gasteiger partial charge is 0.368 e. The van der Waals surface area contributed by atoms with Gasteiger partial charge in [0.1, 0.15) is 0 Å². The molecule has 70 valence electrons. The van der Waals surface area contributed by atoms with Gasteiger partial charge in [-0.25, -0.2) is 9.97 Å². The fraction of sp³-hybridized carbons (Fsp3) is 0.111. The number of aromatic nitrogens is 4. The number of nitrogen functional groups attached to an aromatic ring is 1. The maximum atomic E-state index is 5.45. The summed E-state index contributed by atoms with van der Waals surface area (Å²) >= 11 is 0. The Morgan fingerprint density at radius 2 is 2.00 bits per heavy atom. The molecular weight excluding hydrogens is 178 g/mol. The molecule has 5 heteroatoms. The molecule has 0 bridgehead atoms. The average Bonchev–Trinajstić information content (AvgIpc) is 2.19. The Kier molecular flexibility index (Phi) is 2.06. The lowest BCUT2D eigenvalue weighted by Gasteiger charge is -2.02. The van der Waals surface area contributed by atoms with E-state index in [-0.39, 0.29) is 5.95 Å². The van der Waals surface area contributed by atoms with E-state index in [0.717, 1.165) is 17.0 Å². The van der Waals surface area contributed by atoms with Crippen molar-refractivity contribution in [3.63, 3.8) is 0 Å². The molecule has 2 N–H and O–H groups in total. The Labute approximate surface area is 81.1 Å². The van der Waals surface area contributed by atoms with Crippen molar-refractivity contribution in [2.75, 3.05) is 5.73 Å². The van der Waals surface area contributed by atoms with Crippen LogP contribution in [-0.4, -0.2) is 19.9 Å². The standard InChI is InChI=1S/C9H9N5/c1-6-7(4-13-9(10)14-6)8-5-11-2-3-12-8/h2-5H,1H3,(H2,10,13,14). The summed E-state index contributed by atoms with van der Waals surface area (Å²) < 4.78 is 0. The highest BCUT2D eigenvalue weighted by Crippen LogP contribution is 2.17. The van der Waals surface area contributed by atoms with Crippen molar-refractivity contribution in [1.82, 2.24) is 19.9 Å². The number of hydrogen-bond donors (Lipinski definition) is 1. The monoisotopic (exact) mass is 187 g/mol. The zero-order valence-electron chi connectivity index (χ0n) is 7.68. The Bertz CT molecular complexity index is 440. The van der Waals surface area contributed by atoms with Crippen LogP contribution in [0.3, 0.4) is 0 Å². The first kappa shape index (κ1) is 8.55. The van der Waals surface area contributed by atoms with Gasteiger partial charge in [0.15, 0.2) is 0 Å². The molecule has 0 aliphatic heterocycles. The molecule has 0 saturated heterocycles. The molecule has 14 heavy (non-hydrogen) atoms. The number of nitrogens with zero attached hydrogens (tertiary/aromatic N) is 4. The third kappa shape index (κ3) is 1.52. The Balaban J connectivity index is 2.53. The van der Waals surface area contributed by atoms with Gasteiger partial charge in [-0.1, -0.05) is 0 Å². The van der Waals surface area contributed by atoms with E-state index in [2.05, 4.69) is 19.9 Å². The van der Waals surface area contributed by atoms with E-state index < -0.39 is 0 Å². The van der Waals surface area contributed by atoms with Crippen LogP contribution < -0.4 is 5.73 Å². The summed E-state index contributed by atoms with van der Waals surface area (Å²) in [5.74, 6) is 0.273. The van der Waals surface area contributed by atoms with Crippen molar-refractivity contribution in [3.8, 4) is 11.3 Å². The van der Waals surface area contributed by atoms with Crippen molar-refractivity contribution in [2.45, 2.75) is 6.92 Å². The van der Waals surface area contributed by atoms with Crippen molar-refractivity contribution >= 4 is 5.95 Å². The minimum absolute atomic E-state index is 0.273. The third-order valence-corrected chi connectivity index (χ3v) is 1.84. The molecule has 0 spiro atoms. The zero-order chi connectivity index (χ0) is 9.97. The minimum Gasteiger partial charge on any atom is -0.368 e. The van der Waals surface area contributed by atoms with Crippen molar-refractivity contribution in [1.29, 1.82) is 0 Å². The van der Waals surface area contributed by atoms with Crippen LogP contribution in [0.1, 0.15) is 5.69 Å². The number of hydrogen-bond acceptors (Lipinski definition) is 5. The molecule has 0 amide bonds. The fourth-order valence-corrected chi connectivity index (χ4v) is 1.17. The highest BCUT2D eigenvalue weighted by Gasteiger charge is 2.04. The molecule has 0 saturated carbocycles. The molecule has 0 aromatic carbocycles. The molecule has 0 radical (unpaired) electrons. The topological polar surface area (TPSA) is 77.6 Å². The normalized spacial score (nSPS) is 10.1. The van der Waals surface area contributed by atoms with Gasteiger partial charge in [0, 0.05) is 24.2 Å². The van der Waals surface area contributed by atoms with Gasteiger partial charge < -0.3 is 5.73 Å². The van der Waals surface area contributed by atoms with Crippen LogP contribution in [0.2, 0.25) is 0 Å². The molecule has 0 fully saturated rings. The first-order valence-corrected chi connectivity index (χ1v) is 4.13. The van der Waals surface area contributed by atoms with E-state index in [4.69, 9.17) is 5.73 Å². The van der Waals surface area contributed by atoms with E-state index >= 15 is 0 Å². The molecule has 0 atom stereocenters. The predicted octanol–water partition coefficient (Wildman–Crippen LogP) is 0.824. The van der Waals surface area contributed by atoms with Crippen LogP contribution in [-0.2, 0) is 0 Å². The summed E-state index contributed by atoms with van der Waals surface area (Å²) in [6.45, 7) is 1.86. The van der Waals surface area contributed by atoms with Gasteiger partial charge in [-0.2, -0.15) is 0 Å². The molecule has 2 aromatic heterocycles. The quantitative estimate of drug-likeness (QED) is 0.715. The molecule has 5 nitrogen and oxygen atoms in total. The van der Waals surface area contributed by atoms with Crippen LogP contribution in [0.4, 0.5) is 5.95 Å². The molecule has 0 aliphatic rings. The third-order valence-electron chi connectivity index (χ3n) is 1.84. The van der Waals surface area contributed by atoms with Crippen LogP contribution in [0, 0.1) is 6.92 Å². The zero-order valence-corrected chi connectivity index (χ0v) is 7.68. The predicted molar refractivity (Wildman–Crippen MR) is 52.2 cm³/mol. The second kappa shape index (κ2) is 3.37. The number of nitrogens with two attached hydrogens (primary N) is 1. The number of rotatable bonds is 1. The van der Waals surface area contributed by atoms with Gasteiger partial charge in [-0.3, -0.25) is 9.97 Å². The molecule has 0 aliphatic carbocycles. The summed E-state index contributed by atoms with van der Waals surface area (Å²) in [5, 5.41) is 0. The van der Waals surface area contributed by atoms with Crippen molar-refractivity contribution < 1.29 is 0 Å². The lowest BCUT2D eigenvalue weighted by atomic mass is 10.2. The van der Waals surface area contributed by atoms with Crippen LogP contribution in [0.5, 0.6) is 0 Å². The smallest absolute Gasteiger partial charge is 0.220 e. The first-order chi connectivity index (χ1) is 6.77. The molecule has 0 unspecified atom stereocenters. The van der Waals surface area contributed by atoms with E-state index in [1.807, 2.05) is 6.92 Å². The van der Waals surface area contributed by atoms with Gasteiger partial charge in [-0.05, 0) is 6.92 Å². The average molecular weight is 187 g/mol. The van der Waals surface area contributed by atoms with Gasteiger partial charge in [0.25, 0.3) is 0 Å². The van der Waals surface area contributed by atoms with E-state index in [1.165, 1.54) is 0 Å². The summed E-state index contributed by atoms with van der Waals surface area (Å²) in [4.78, 5) is 16.1. The highest BCUT2D eigenvalue weighted by molar-refractivity contribution is 5.59. The molecular formula is C9H9N5. The van der Waals surface area contributed by atoms with E-state index in [1.54, 1.807) is 24.8 Å². The summed E-state index contributed by atoms with van der Waals surface area (Å²) in [5.41, 5.74) is 7.86. The molecule has 2 rings (SSSR count). The second-order valence-electron chi connectivity index (χ2n) is 2.82. The van der Waals surface area contributed by atoms with Crippen LogP contribution in [0.15, 0.2) is 24.8 Å². The highest BCUT2D eigenvalue weighted by atomic mass is 15.0. The second-order valence-corrected chi connectivity index (χ2v) is 2.82. The lowest BCUT2D eigenvalue weighted by molar-refractivity contribution is 1.10. The van der Waals surface area contributed by atoms with Gasteiger partial charge in [0.2, 0.25) is 5.95 Å². The van der Waals surface area contributed by atoms with Crippen molar-refractivity contribution in [3.05, 3.63) is 30.5 Å². The summed E-state index contributed by atoms with van der Waals surface area (Å²) in [7, 11) is 0. The van der Waals surface area contributed by atoms with Gasteiger partial charge >= 0.3 is 0 Å². The Hall–Kier alpha value is -2.04. The maximum absolute atomic E-state index is 5.45. The van der Waals surface area contributed by atoms with Crippen LogP contribution in [0.25, 0.3) is 11.3 Å². The fourth-order valence-electron chi connectivity index (χ4n) is 1.17. The first-order valence-electron chi connectivity index (χ1n) is 4.13. The molecule has 2 aromatic rings. The van der Waals surface area contributed by atoms with Gasteiger partial charge in [-0.15, -0.1) is 0 Å².